The Hall–Kier alpha value is -2.95. The van der Waals surface area contributed by atoms with Gasteiger partial charge in [-0.2, -0.15) is 10.1 Å². The number of benzene rings is 2. The molecule has 0 amide bonds. The van der Waals surface area contributed by atoms with Crippen LogP contribution in [0.1, 0.15) is 22.3 Å². The van der Waals surface area contributed by atoms with Gasteiger partial charge in [-0.05, 0) is 62.6 Å². The van der Waals surface area contributed by atoms with E-state index in [0.717, 1.165) is 16.9 Å². The van der Waals surface area contributed by atoms with E-state index >= 15 is 0 Å². The minimum Gasteiger partial charge on any atom is -0.339 e. The van der Waals surface area contributed by atoms with Gasteiger partial charge in [0.15, 0.2) is 5.82 Å². The molecule has 0 radical (unpaired) electrons. The van der Waals surface area contributed by atoms with Gasteiger partial charge >= 0.3 is 0 Å². The van der Waals surface area contributed by atoms with E-state index in [1.165, 1.54) is 16.7 Å². The summed E-state index contributed by atoms with van der Waals surface area (Å²) < 4.78 is 0. The predicted octanol–water partition coefficient (Wildman–Crippen LogP) is 4.59. The van der Waals surface area contributed by atoms with Gasteiger partial charge in [0.05, 0.1) is 6.20 Å². The van der Waals surface area contributed by atoms with Crippen LogP contribution in [0.15, 0.2) is 42.6 Å². The third-order valence-electron chi connectivity index (χ3n) is 3.68. The number of hydrogen-bond donors (Lipinski definition) is 2. The Kier molecular flexibility index (Phi) is 4.42. The summed E-state index contributed by atoms with van der Waals surface area (Å²) in [5.74, 6) is 1.12. The third-order valence-corrected chi connectivity index (χ3v) is 3.68. The maximum absolute atomic E-state index is 4.49. The number of nitrogens with one attached hydrogen (secondary N) is 2. The van der Waals surface area contributed by atoms with Gasteiger partial charge in [-0.25, -0.2) is 0 Å². The van der Waals surface area contributed by atoms with Crippen molar-refractivity contribution in [3.8, 4) is 0 Å². The zero-order valence-electron chi connectivity index (χ0n) is 14.4. The third kappa shape index (κ3) is 3.87. The quantitative estimate of drug-likeness (QED) is 0.736. The van der Waals surface area contributed by atoms with E-state index in [4.69, 9.17) is 0 Å². The number of rotatable bonds is 4. The molecule has 5 heteroatoms. The first-order chi connectivity index (χ1) is 11.5. The first-order valence-electron chi connectivity index (χ1n) is 7.89. The fourth-order valence-corrected chi connectivity index (χ4v) is 2.68. The number of aromatic nitrogens is 3. The molecule has 0 saturated carbocycles. The molecule has 5 nitrogen and oxygen atoms in total. The molecule has 0 saturated heterocycles. The molecule has 0 spiro atoms. The Morgan fingerprint density at radius 3 is 2.25 bits per heavy atom. The highest BCUT2D eigenvalue weighted by molar-refractivity contribution is 5.62. The summed E-state index contributed by atoms with van der Waals surface area (Å²) in [4.78, 5) is 4.49. The van der Waals surface area contributed by atoms with Crippen LogP contribution >= 0.6 is 0 Å². The van der Waals surface area contributed by atoms with Crippen molar-refractivity contribution < 1.29 is 0 Å². The number of anilines is 4. The number of nitrogens with zero attached hydrogens (tertiary/aromatic N) is 3. The normalized spacial score (nSPS) is 10.5. The summed E-state index contributed by atoms with van der Waals surface area (Å²) in [5, 5.41) is 14.6. The topological polar surface area (TPSA) is 62.7 Å². The standard InChI is InChI=1S/C19H21N5/c1-12-5-6-17(15(4)8-12)22-18-11-20-24-19(23-18)21-16-9-13(2)7-14(3)10-16/h5-11H,1-4H3,(H2,21,22,23,24). The average Bonchev–Trinajstić information content (AvgIpc) is 2.49. The maximum Gasteiger partial charge on any atom is 0.249 e. The lowest BCUT2D eigenvalue weighted by atomic mass is 10.1. The van der Waals surface area contributed by atoms with Gasteiger partial charge in [0.1, 0.15) is 0 Å². The Balaban J connectivity index is 1.81. The van der Waals surface area contributed by atoms with Gasteiger partial charge in [0.25, 0.3) is 0 Å². The van der Waals surface area contributed by atoms with Crippen LogP contribution in [-0.2, 0) is 0 Å². The molecule has 122 valence electrons. The second-order valence-electron chi connectivity index (χ2n) is 6.11. The van der Waals surface area contributed by atoms with Crippen LogP contribution in [-0.4, -0.2) is 15.2 Å². The largest absolute Gasteiger partial charge is 0.339 e. The van der Waals surface area contributed by atoms with Crippen molar-refractivity contribution in [3.63, 3.8) is 0 Å². The van der Waals surface area contributed by atoms with E-state index in [-0.39, 0.29) is 0 Å². The lowest BCUT2D eigenvalue weighted by molar-refractivity contribution is 0.982. The molecule has 0 bridgehead atoms. The van der Waals surface area contributed by atoms with Crippen molar-refractivity contribution in [2.75, 3.05) is 10.6 Å². The highest BCUT2D eigenvalue weighted by atomic mass is 15.3. The Morgan fingerprint density at radius 2 is 1.54 bits per heavy atom. The zero-order valence-corrected chi connectivity index (χ0v) is 14.4. The molecule has 3 rings (SSSR count). The minimum atomic E-state index is 0.467. The van der Waals surface area contributed by atoms with Crippen molar-refractivity contribution in [1.82, 2.24) is 15.2 Å². The van der Waals surface area contributed by atoms with Crippen molar-refractivity contribution in [2.45, 2.75) is 27.7 Å². The van der Waals surface area contributed by atoms with Crippen LogP contribution in [0.5, 0.6) is 0 Å². The summed E-state index contributed by atoms with van der Waals surface area (Å²) in [6, 6.07) is 12.5. The van der Waals surface area contributed by atoms with Crippen LogP contribution in [0, 0.1) is 27.7 Å². The molecule has 0 unspecified atom stereocenters. The molecular formula is C19H21N5. The first kappa shape index (κ1) is 15.9. The summed E-state index contributed by atoms with van der Waals surface area (Å²) in [6.45, 7) is 8.28. The van der Waals surface area contributed by atoms with E-state index < -0.39 is 0 Å². The molecule has 0 aliphatic carbocycles. The first-order valence-corrected chi connectivity index (χ1v) is 7.89. The fraction of sp³-hybridized carbons (Fsp3) is 0.211. The Morgan fingerprint density at radius 1 is 0.792 bits per heavy atom. The Labute approximate surface area is 142 Å². The van der Waals surface area contributed by atoms with Crippen LogP contribution in [0.2, 0.25) is 0 Å². The van der Waals surface area contributed by atoms with E-state index in [9.17, 15) is 0 Å². The average molecular weight is 319 g/mol. The van der Waals surface area contributed by atoms with Gasteiger partial charge in [-0.1, -0.05) is 23.8 Å². The van der Waals surface area contributed by atoms with Crippen molar-refractivity contribution in [2.24, 2.45) is 0 Å². The second-order valence-corrected chi connectivity index (χ2v) is 6.11. The second kappa shape index (κ2) is 6.66. The summed E-state index contributed by atoms with van der Waals surface area (Å²) >= 11 is 0. The van der Waals surface area contributed by atoms with E-state index in [0.29, 0.717) is 11.8 Å². The zero-order chi connectivity index (χ0) is 17.1. The van der Waals surface area contributed by atoms with Crippen LogP contribution in [0.25, 0.3) is 0 Å². The van der Waals surface area contributed by atoms with Crippen molar-refractivity contribution >= 4 is 23.1 Å². The molecular weight excluding hydrogens is 298 g/mol. The number of aryl methyl sites for hydroxylation is 4. The fourth-order valence-electron chi connectivity index (χ4n) is 2.68. The molecule has 1 aromatic heterocycles. The molecule has 3 aromatic rings. The monoisotopic (exact) mass is 319 g/mol. The van der Waals surface area contributed by atoms with Gasteiger partial charge in [-0.15, -0.1) is 5.10 Å². The SMILES string of the molecule is Cc1cc(C)cc(Nc2nncc(Nc3ccc(C)cc3C)n2)c1. The van der Waals surface area contributed by atoms with Gasteiger partial charge in [0, 0.05) is 11.4 Å². The van der Waals surface area contributed by atoms with Crippen molar-refractivity contribution in [1.29, 1.82) is 0 Å². The molecule has 2 N–H and O–H groups in total. The molecule has 24 heavy (non-hydrogen) atoms. The summed E-state index contributed by atoms with van der Waals surface area (Å²) in [7, 11) is 0. The molecule has 2 aromatic carbocycles. The number of hydrogen-bond acceptors (Lipinski definition) is 5. The lowest BCUT2D eigenvalue weighted by Gasteiger charge is -2.11. The van der Waals surface area contributed by atoms with Gasteiger partial charge in [0.2, 0.25) is 5.95 Å². The maximum atomic E-state index is 4.49. The summed E-state index contributed by atoms with van der Waals surface area (Å²) in [6.07, 6.45) is 1.62. The molecule has 0 atom stereocenters. The molecule has 0 aliphatic heterocycles. The highest BCUT2D eigenvalue weighted by Crippen LogP contribution is 2.21. The molecule has 1 heterocycles. The van der Waals surface area contributed by atoms with E-state index in [1.807, 2.05) is 6.07 Å². The lowest BCUT2D eigenvalue weighted by Crippen LogP contribution is -2.03. The summed E-state index contributed by atoms with van der Waals surface area (Å²) in [5.41, 5.74) is 6.75. The molecule has 0 aliphatic rings. The van der Waals surface area contributed by atoms with E-state index in [1.54, 1.807) is 6.20 Å². The smallest absolute Gasteiger partial charge is 0.249 e. The van der Waals surface area contributed by atoms with Crippen LogP contribution < -0.4 is 10.6 Å². The Bertz CT molecular complexity index is 853. The predicted molar refractivity (Wildman–Crippen MR) is 98.2 cm³/mol. The van der Waals surface area contributed by atoms with Gasteiger partial charge in [-0.3, -0.25) is 0 Å². The van der Waals surface area contributed by atoms with Crippen molar-refractivity contribution in [3.05, 3.63) is 64.8 Å². The van der Waals surface area contributed by atoms with Crippen LogP contribution in [0.4, 0.5) is 23.1 Å². The minimum absolute atomic E-state index is 0.467. The molecule has 0 fully saturated rings. The van der Waals surface area contributed by atoms with Gasteiger partial charge < -0.3 is 10.6 Å². The highest BCUT2D eigenvalue weighted by Gasteiger charge is 2.05. The van der Waals surface area contributed by atoms with E-state index in [2.05, 4.69) is 83.8 Å². The van der Waals surface area contributed by atoms with Crippen LogP contribution in [0.3, 0.4) is 0 Å².